The molecule has 0 unspecified atom stereocenters. The molecule has 1 amide bonds. The zero-order valence-electron chi connectivity index (χ0n) is 17.4. The predicted octanol–water partition coefficient (Wildman–Crippen LogP) is 2.22. The first-order chi connectivity index (χ1) is 16.0. The van der Waals surface area contributed by atoms with Gasteiger partial charge in [-0.1, -0.05) is 6.07 Å². The summed E-state index contributed by atoms with van der Waals surface area (Å²) >= 11 is 0. The van der Waals surface area contributed by atoms with E-state index in [1.807, 2.05) is 0 Å². The maximum absolute atomic E-state index is 12.0. The van der Waals surface area contributed by atoms with Crippen molar-refractivity contribution in [2.45, 2.75) is 16.7 Å². The van der Waals surface area contributed by atoms with Crippen LogP contribution in [0.2, 0.25) is 0 Å². The van der Waals surface area contributed by atoms with Crippen LogP contribution in [-0.4, -0.2) is 46.7 Å². The maximum Gasteiger partial charge on any atom is 0.356 e. The van der Waals surface area contributed by atoms with E-state index in [0.29, 0.717) is 0 Å². The fourth-order valence-electron chi connectivity index (χ4n) is 3.03. The second kappa shape index (κ2) is 9.09. The molecule has 186 valence electrons. The molecule has 0 saturated carbocycles. The van der Waals surface area contributed by atoms with Crippen molar-refractivity contribution >= 4 is 66.9 Å². The number of azo groups is 1. The molecular formula is C18H16N3O11PS2. The minimum absolute atomic E-state index is 0.157. The third-order valence-electron chi connectivity index (χ3n) is 4.44. The molecule has 0 fully saturated rings. The molecule has 0 aliphatic rings. The highest BCUT2D eigenvalue weighted by molar-refractivity contribution is 7.86. The van der Waals surface area contributed by atoms with Gasteiger partial charge in [0.2, 0.25) is 5.91 Å². The lowest BCUT2D eigenvalue weighted by Gasteiger charge is -2.14. The molecule has 0 radical (unpaired) electrons. The number of nitrogens with one attached hydrogen (secondary N) is 1. The Hall–Kier alpha value is -3.24. The molecule has 0 aliphatic carbocycles. The van der Waals surface area contributed by atoms with Crippen LogP contribution in [0.4, 0.5) is 17.1 Å². The number of carbonyl (C=O) groups is 1. The molecule has 6 N–H and O–H groups in total. The zero-order valence-corrected chi connectivity index (χ0v) is 19.9. The Bertz CT molecular complexity index is 1660. The van der Waals surface area contributed by atoms with E-state index in [-0.39, 0.29) is 22.1 Å². The number of rotatable bonds is 6. The average Bonchev–Trinajstić information content (AvgIpc) is 2.70. The van der Waals surface area contributed by atoms with Crippen LogP contribution in [0.5, 0.6) is 5.75 Å². The Kier molecular flexibility index (Phi) is 6.84. The van der Waals surface area contributed by atoms with Gasteiger partial charge in [-0.15, -0.1) is 5.11 Å². The van der Waals surface area contributed by atoms with Gasteiger partial charge >= 0.3 is 7.60 Å². The molecule has 0 saturated heterocycles. The molecular weight excluding hydrogens is 529 g/mol. The summed E-state index contributed by atoms with van der Waals surface area (Å²) in [5.41, 5.74) is -1.33. The van der Waals surface area contributed by atoms with E-state index in [1.165, 1.54) is 12.1 Å². The van der Waals surface area contributed by atoms with E-state index in [9.17, 15) is 50.2 Å². The largest absolute Gasteiger partial charge is 0.505 e. The van der Waals surface area contributed by atoms with Crippen molar-refractivity contribution in [3.63, 3.8) is 0 Å². The van der Waals surface area contributed by atoms with Crippen molar-refractivity contribution in [1.29, 1.82) is 0 Å². The summed E-state index contributed by atoms with van der Waals surface area (Å²) in [5.74, 6) is -1.66. The fourth-order valence-corrected chi connectivity index (χ4v) is 4.82. The number of hydrogen-bond donors (Lipinski definition) is 6. The van der Waals surface area contributed by atoms with Crippen molar-refractivity contribution in [2.24, 2.45) is 10.2 Å². The van der Waals surface area contributed by atoms with E-state index < -0.39 is 60.3 Å². The molecule has 0 heterocycles. The lowest BCUT2D eigenvalue weighted by molar-refractivity contribution is -0.114. The van der Waals surface area contributed by atoms with Crippen molar-refractivity contribution < 1.29 is 50.2 Å². The van der Waals surface area contributed by atoms with E-state index in [2.05, 4.69) is 15.5 Å². The predicted molar refractivity (Wildman–Crippen MR) is 122 cm³/mol. The fraction of sp³-hybridized carbons (Fsp3) is 0.0556. The molecule has 0 bridgehead atoms. The molecule has 0 spiro atoms. The van der Waals surface area contributed by atoms with Crippen molar-refractivity contribution in [2.75, 3.05) is 5.32 Å². The number of hydrogen-bond acceptors (Lipinski definition) is 9. The Morgan fingerprint density at radius 2 is 1.63 bits per heavy atom. The number of fused-ring (bicyclic) bond motifs is 1. The number of aromatic hydroxyl groups is 1. The molecule has 0 aromatic heterocycles. The average molecular weight is 545 g/mol. The minimum Gasteiger partial charge on any atom is -0.505 e. The number of benzene rings is 3. The van der Waals surface area contributed by atoms with Gasteiger partial charge in [0.1, 0.15) is 10.6 Å². The van der Waals surface area contributed by atoms with Gasteiger partial charge in [-0.2, -0.15) is 21.9 Å². The summed E-state index contributed by atoms with van der Waals surface area (Å²) in [6.45, 7) is 1.06. The molecule has 17 heteroatoms. The van der Waals surface area contributed by atoms with Crippen LogP contribution >= 0.6 is 7.60 Å². The standard InChI is InChI=1S/C18H16N3O11PS2/c1-9(22)19-14-8-13(34(27,28)29)5-10-6-15(35(30,31)32)17(18(23)16(10)14)21-20-11-3-2-4-12(7-11)33(24,25)26/h2-8,23H,1H3,(H,19,22)(H2,24,25,26)(H,27,28,29)(H,30,31,32). The highest BCUT2D eigenvalue weighted by Gasteiger charge is 2.26. The number of amides is 1. The molecule has 3 rings (SSSR count). The first kappa shape index (κ1) is 26.4. The molecule has 0 aliphatic heterocycles. The maximum atomic E-state index is 12.0. The van der Waals surface area contributed by atoms with Crippen LogP contribution in [0.1, 0.15) is 6.92 Å². The number of nitrogens with zero attached hydrogens (tertiary/aromatic N) is 2. The van der Waals surface area contributed by atoms with Crippen LogP contribution in [0.15, 0.2) is 62.5 Å². The smallest absolute Gasteiger partial charge is 0.356 e. The first-order valence-electron chi connectivity index (χ1n) is 9.12. The van der Waals surface area contributed by atoms with E-state index >= 15 is 0 Å². The minimum atomic E-state index is -5.11. The van der Waals surface area contributed by atoms with Crippen LogP contribution < -0.4 is 10.6 Å². The highest BCUT2D eigenvalue weighted by Crippen LogP contribution is 2.45. The van der Waals surface area contributed by atoms with E-state index in [0.717, 1.165) is 37.3 Å². The summed E-state index contributed by atoms with van der Waals surface area (Å²) in [5, 5.41) is 19.3. The third-order valence-corrected chi connectivity index (χ3v) is 7.09. The Morgan fingerprint density at radius 1 is 0.971 bits per heavy atom. The normalized spacial score (nSPS) is 12.8. The molecule has 3 aromatic rings. The Balaban J connectivity index is 2.36. The number of phenolic OH excluding ortho intramolecular Hbond substituents is 1. The van der Waals surface area contributed by atoms with Gasteiger partial charge in [0.15, 0.2) is 5.75 Å². The van der Waals surface area contributed by atoms with Gasteiger partial charge < -0.3 is 20.2 Å². The van der Waals surface area contributed by atoms with Crippen LogP contribution in [0.25, 0.3) is 10.8 Å². The lowest BCUT2D eigenvalue weighted by Crippen LogP contribution is -2.08. The second-order valence-corrected chi connectivity index (χ2v) is 11.5. The van der Waals surface area contributed by atoms with Crippen LogP contribution in [0, 0.1) is 0 Å². The number of anilines is 1. The highest BCUT2D eigenvalue weighted by atomic mass is 32.2. The van der Waals surface area contributed by atoms with Gasteiger partial charge in [0, 0.05) is 12.3 Å². The van der Waals surface area contributed by atoms with Gasteiger partial charge in [-0.05, 0) is 41.8 Å². The SMILES string of the molecule is CC(=O)Nc1cc(S(=O)(=O)O)cc2cc(S(=O)(=O)O)c(N=Nc3cccc(P(=O)(O)O)c3)c(O)c12. The summed E-state index contributed by atoms with van der Waals surface area (Å²) < 4.78 is 77.7. The Morgan fingerprint density at radius 3 is 2.17 bits per heavy atom. The summed E-state index contributed by atoms with van der Waals surface area (Å²) in [6, 6.07) is 6.88. The van der Waals surface area contributed by atoms with Crippen LogP contribution in [-0.2, 0) is 29.6 Å². The molecule has 3 aromatic carbocycles. The van der Waals surface area contributed by atoms with E-state index in [4.69, 9.17) is 0 Å². The van der Waals surface area contributed by atoms with Gasteiger partial charge in [0.25, 0.3) is 20.2 Å². The summed E-state index contributed by atoms with van der Waals surface area (Å²) in [7, 11) is -14.6. The molecule has 0 atom stereocenters. The van der Waals surface area contributed by atoms with Gasteiger partial charge in [-0.25, -0.2) is 0 Å². The number of phenols is 1. The molecule has 14 nitrogen and oxygen atoms in total. The number of carbonyl (C=O) groups excluding carboxylic acids is 1. The quantitative estimate of drug-likeness (QED) is 0.149. The first-order valence-corrected chi connectivity index (χ1v) is 13.6. The third kappa shape index (κ3) is 5.88. The van der Waals surface area contributed by atoms with Crippen LogP contribution in [0.3, 0.4) is 0 Å². The monoisotopic (exact) mass is 545 g/mol. The summed E-state index contributed by atoms with van der Waals surface area (Å²) in [6.07, 6.45) is 0. The zero-order chi connectivity index (χ0) is 26.3. The summed E-state index contributed by atoms with van der Waals surface area (Å²) in [4.78, 5) is 28.4. The van der Waals surface area contributed by atoms with Crippen molar-refractivity contribution in [1.82, 2.24) is 0 Å². The second-order valence-electron chi connectivity index (χ2n) is 7.04. The van der Waals surface area contributed by atoms with Gasteiger partial charge in [0.05, 0.1) is 21.6 Å². The molecule has 35 heavy (non-hydrogen) atoms. The van der Waals surface area contributed by atoms with Gasteiger partial charge in [-0.3, -0.25) is 18.5 Å². The topological polar surface area (TPSA) is 240 Å². The van der Waals surface area contributed by atoms with Crippen molar-refractivity contribution in [3.8, 4) is 5.75 Å². The lowest BCUT2D eigenvalue weighted by atomic mass is 10.1. The Labute approximate surface area is 197 Å². The van der Waals surface area contributed by atoms with E-state index in [1.54, 1.807) is 0 Å². The van der Waals surface area contributed by atoms with Crippen molar-refractivity contribution in [3.05, 3.63) is 42.5 Å².